The highest BCUT2D eigenvalue weighted by atomic mass is 35.5. The minimum absolute atomic E-state index is 0.0485. The summed E-state index contributed by atoms with van der Waals surface area (Å²) in [5.74, 6) is -0.482. The van der Waals surface area contributed by atoms with E-state index in [-0.39, 0.29) is 16.0 Å². The topological polar surface area (TPSA) is 19.4 Å². The Morgan fingerprint density at radius 3 is 2.42 bits per heavy atom. The first-order valence-corrected chi connectivity index (χ1v) is 8.56. The van der Waals surface area contributed by atoms with Gasteiger partial charge in [0.15, 0.2) is 0 Å². The molecule has 26 heavy (non-hydrogen) atoms. The number of benzene rings is 1. The number of nitrogens with zero attached hydrogens (tertiary/aromatic N) is 3. The number of pyridine rings is 1. The maximum absolute atomic E-state index is 13.5. The van der Waals surface area contributed by atoms with Gasteiger partial charge in [-0.3, -0.25) is 9.88 Å². The number of aromatic nitrogens is 1. The van der Waals surface area contributed by atoms with Crippen LogP contribution in [0.2, 0.25) is 5.02 Å². The van der Waals surface area contributed by atoms with Gasteiger partial charge in [-0.15, -0.1) is 0 Å². The van der Waals surface area contributed by atoms with Gasteiger partial charge < -0.3 is 4.90 Å². The van der Waals surface area contributed by atoms with E-state index in [1.807, 2.05) is 4.90 Å². The molecule has 1 aromatic carbocycles. The predicted octanol–water partition coefficient (Wildman–Crippen LogP) is 4.30. The van der Waals surface area contributed by atoms with Crippen molar-refractivity contribution in [2.75, 3.05) is 31.1 Å². The van der Waals surface area contributed by atoms with Gasteiger partial charge in [-0.05, 0) is 29.8 Å². The van der Waals surface area contributed by atoms with Crippen LogP contribution in [0.4, 0.5) is 23.2 Å². The summed E-state index contributed by atoms with van der Waals surface area (Å²) in [5.41, 5.74) is 0.809. The molecule has 2 aliphatic rings. The molecule has 4 rings (SSSR count). The van der Waals surface area contributed by atoms with Crippen molar-refractivity contribution in [1.82, 2.24) is 9.88 Å². The molecule has 0 saturated carbocycles. The van der Waals surface area contributed by atoms with Crippen molar-refractivity contribution >= 4 is 17.3 Å². The van der Waals surface area contributed by atoms with Crippen molar-refractivity contribution in [3.63, 3.8) is 0 Å². The number of rotatable bonds is 3. The van der Waals surface area contributed by atoms with Gasteiger partial charge in [0.1, 0.15) is 11.9 Å². The lowest BCUT2D eigenvalue weighted by molar-refractivity contribution is -0.215. The molecule has 1 atom stereocenters. The van der Waals surface area contributed by atoms with Gasteiger partial charge in [0.25, 0.3) is 0 Å². The second kappa shape index (κ2) is 6.09. The Kier molecular flexibility index (Phi) is 4.11. The van der Waals surface area contributed by atoms with Crippen molar-refractivity contribution < 1.29 is 17.6 Å². The van der Waals surface area contributed by atoms with Gasteiger partial charge in [0.05, 0.1) is 5.02 Å². The summed E-state index contributed by atoms with van der Waals surface area (Å²) in [6.45, 7) is 2.03. The third-order valence-electron chi connectivity index (χ3n) is 5.07. The Bertz CT molecular complexity index is 798. The lowest BCUT2D eigenvalue weighted by Crippen LogP contribution is -2.73. The molecule has 0 bridgehead atoms. The van der Waals surface area contributed by atoms with Gasteiger partial charge in [-0.2, -0.15) is 13.2 Å². The van der Waals surface area contributed by atoms with Crippen LogP contribution in [0.25, 0.3) is 0 Å². The molecule has 0 aliphatic carbocycles. The number of hydrogen-bond acceptors (Lipinski definition) is 3. The van der Waals surface area contributed by atoms with Crippen molar-refractivity contribution in [3.05, 3.63) is 59.1 Å². The van der Waals surface area contributed by atoms with Crippen LogP contribution < -0.4 is 4.90 Å². The first-order chi connectivity index (χ1) is 12.3. The van der Waals surface area contributed by atoms with E-state index in [9.17, 15) is 17.6 Å². The van der Waals surface area contributed by atoms with E-state index in [0.717, 1.165) is 5.69 Å². The zero-order valence-electron chi connectivity index (χ0n) is 13.7. The zero-order valence-corrected chi connectivity index (χ0v) is 14.4. The van der Waals surface area contributed by atoms with Gasteiger partial charge in [0, 0.05) is 49.7 Å². The maximum Gasteiger partial charge on any atom is 0.408 e. The van der Waals surface area contributed by atoms with E-state index < -0.39 is 18.0 Å². The summed E-state index contributed by atoms with van der Waals surface area (Å²) >= 11 is 5.80. The molecule has 0 N–H and O–H groups in total. The zero-order chi connectivity index (χ0) is 18.5. The molecule has 1 aromatic heterocycles. The summed E-state index contributed by atoms with van der Waals surface area (Å²) in [5, 5.41) is 0.0485. The summed E-state index contributed by atoms with van der Waals surface area (Å²) in [4.78, 5) is 7.28. The van der Waals surface area contributed by atoms with E-state index in [0.29, 0.717) is 26.2 Å². The Morgan fingerprint density at radius 2 is 1.85 bits per heavy atom. The van der Waals surface area contributed by atoms with Crippen LogP contribution in [0, 0.1) is 11.2 Å². The van der Waals surface area contributed by atoms with E-state index >= 15 is 0 Å². The molecule has 0 amide bonds. The number of halogens is 5. The van der Waals surface area contributed by atoms with Crippen LogP contribution >= 0.6 is 11.6 Å². The Hall–Kier alpha value is -1.86. The molecule has 3 nitrogen and oxygen atoms in total. The highest BCUT2D eigenvalue weighted by molar-refractivity contribution is 6.31. The fraction of sp³-hybridized carbons (Fsp3) is 0.389. The third kappa shape index (κ3) is 3.03. The fourth-order valence-electron chi connectivity index (χ4n) is 3.97. The van der Waals surface area contributed by atoms with Gasteiger partial charge in [-0.1, -0.05) is 17.7 Å². The Morgan fingerprint density at radius 1 is 1.12 bits per heavy atom. The van der Waals surface area contributed by atoms with Crippen LogP contribution in [0.3, 0.4) is 0 Å². The minimum atomic E-state index is -4.35. The molecular weight excluding hydrogens is 370 g/mol. The normalized spacial score (nSPS) is 20.6. The lowest BCUT2D eigenvalue weighted by Gasteiger charge is -2.62. The molecule has 0 radical (unpaired) electrons. The van der Waals surface area contributed by atoms with Gasteiger partial charge in [-0.25, -0.2) is 4.39 Å². The lowest BCUT2D eigenvalue weighted by atomic mass is 9.71. The van der Waals surface area contributed by atoms with E-state index in [4.69, 9.17) is 11.6 Å². The average Bonchev–Trinajstić information content (AvgIpc) is 2.51. The van der Waals surface area contributed by atoms with Crippen LogP contribution in [-0.4, -0.2) is 42.2 Å². The Balaban J connectivity index is 1.43. The monoisotopic (exact) mass is 385 g/mol. The molecule has 1 spiro atoms. The number of anilines is 1. The fourth-order valence-corrected chi connectivity index (χ4v) is 4.14. The number of alkyl halides is 3. The van der Waals surface area contributed by atoms with E-state index in [1.54, 1.807) is 12.1 Å². The van der Waals surface area contributed by atoms with Crippen molar-refractivity contribution in [1.29, 1.82) is 0 Å². The Labute approximate surface area is 153 Å². The van der Waals surface area contributed by atoms with Gasteiger partial charge >= 0.3 is 6.18 Å². The van der Waals surface area contributed by atoms with E-state index in [2.05, 4.69) is 4.98 Å². The molecule has 138 valence electrons. The summed E-state index contributed by atoms with van der Waals surface area (Å²) in [7, 11) is 0. The second-order valence-corrected chi connectivity index (χ2v) is 7.50. The van der Waals surface area contributed by atoms with Crippen molar-refractivity contribution in [2.45, 2.75) is 12.2 Å². The minimum Gasteiger partial charge on any atom is -0.370 e. The largest absolute Gasteiger partial charge is 0.408 e. The molecule has 8 heteroatoms. The smallest absolute Gasteiger partial charge is 0.370 e. The molecule has 3 heterocycles. The quantitative estimate of drug-likeness (QED) is 0.734. The number of hydrogen-bond donors (Lipinski definition) is 0. The molecule has 1 unspecified atom stereocenters. The summed E-state index contributed by atoms with van der Waals surface area (Å²) < 4.78 is 53.9. The average molecular weight is 386 g/mol. The maximum atomic E-state index is 13.5. The van der Waals surface area contributed by atoms with E-state index in [1.165, 1.54) is 35.5 Å². The first kappa shape index (κ1) is 17.5. The molecule has 2 aromatic rings. The van der Waals surface area contributed by atoms with Crippen LogP contribution in [0.1, 0.15) is 11.6 Å². The highest BCUT2D eigenvalue weighted by Crippen LogP contribution is 2.49. The number of likely N-dealkylation sites (tertiary alicyclic amines) is 1. The van der Waals surface area contributed by atoms with Crippen LogP contribution in [0.5, 0.6) is 0 Å². The molecule has 2 fully saturated rings. The SMILES string of the molecule is Fc1ccc(N2CC3(C2)CN(C(c2cccnc2)C(F)(F)F)C3)cc1Cl. The standard InChI is InChI=1S/C18H16ClF4N3/c19-14-6-13(3-4-15(14)20)25-8-17(9-25)10-26(11-17)16(18(21,22)23)12-2-1-5-24-7-12/h1-7,16H,8-11H2. The van der Waals surface area contributed by atoms with Gasteiger partial charge in [0.2, 0.25) is 0 Å². The second-order valence-electron chi connectivity index (χ2n) is 7.09. The molecule has 2 saturated heterocycles. The molecular formula is C18H16ClF4N3. The summed E-state index contributed by atoms with van der Waals surface area (Å²) in [6, 6.07) is 5.85. The first-order valence-electron chi connectivity index (χ1n) is 8.18. The van der Waals surface area contributed by atoms with Crippen LogP contribution in [0.15, 0.2) is 42.7 Å². The van der Waals surface area contributed by atoms with Crippen molar-refractivity contribution in [3.8, 4) is 0 Å². The van der Waals surface area contributed by atoms with Crippen LogP contribution in [-0.2, 0) is 0 Å². The predicted molar refractivity (Wildman–Crippen MR) is 90.7 cm³/mol. The highest BCUT2D eigenvalue weighted by Gasteiger charge is 2.58. The summed E-state index contributed by atoms with van der Waals surface area (Å²) in [6.07, 6.45) is -1.61. The van der Waals surface area contributed by atoms with Crippen molar-refractivity contribution in [2.24, 2.45) is 5.41 Å². The third-order valence-corrected chi connectivity index (χ3v) is 5.36. The molecule has 2 aliphatic heterocycles.